The van der Waals surface area contributed by atoms with E-state index in [2.05, 4.69) is 65.9 Å². The molecule has 10 nitrogen and oxygen atoms in total. The molecule has 0 unspecified atom stereocenters. The average Bonchev–Trinajstić information content (AvgIpc) is 3.57. The quantitative estimate of drug-likeness (QED) is 0.310. The number of likely N-dealkylation sites (tertiary alicyclic amines) is 1. The average molecular weight is 584 g/mol. The molecule has 1 aromatic carbocycles. The smallest absolute Gasteiger partial charge is 0.318 e. The topological polar surface area (TPSA) is 110 Å². The van der Waals surface area contributed by atoms with E-state index in [0.717, 1.165) is 79.0 Å². The highest BCUT2D eigenvalue weighted by Crippen LogP contribution is 2.36. The molecule has 0 bridgehead atoms. The Bertz CT molecular complexity index is 1640. The number of rotatable bonds is 5. The van der Waals surface area contributed by atoms with Gasteiger partial charge in [-0.25, -0.2) is 14.8 Å². The number of H-pyrrole nitrogens is 1. The van der Waals surface area contributed by atoms with E-state index in [4.69, 9.17) is 19.6 Å². The summed E-state index contributed by atoms with van der Waals surface area (Å²) in [6, 6.07) is 9.02. The van der Waals surface area contributed by atoms with Crippen molar-refractivity contribution in [3.63, 3.8) is 0 Å². The largest absolute Gasteiger partial charge is 0.381 e. The fourth-order valence-corrected chi connectivity index (χ4v) is 6.78. The van der Waals surface area contributed by atoms with Gasteiger partial charge >= 0.3 is 6.03 Å². The molecule has 2 aliphatic heterocycles. The van der Waals surface area contributed by atoms with Crippen LogP contribution in [0.15, 0.2) is 36.7 Å². The van der Waals surface area contributed by atoms with Crippen molar-refractivity contribution >= 4 is 17.2 Å². The zero-order valence-corrected chi connectivity index (χ0v) is 25.5. The van der Waals surface area contributed by atoms with Crippen LogP contribution in [-0.2, 0) is 15.9 Å². The van der Waals surface area contributed by atoms with E-state index in [1.54, 1.807) is 0 Å². The molecule has 2 saturated heterocycles. The first kappa shape index (κ1) is 28.0. The number of pyridine rings is 1. The molecule has 4 aromatic rings. The van der Waals surface area contributed by atoms with Crippen molar-refractivity contribution in [1.29, 1.82) is 0 Å². The molecule has 5 heterocycles. The van der Waals surface area contributed by atoms with E-state index in [1.165, 1.54) is 11.1 Å². The Hall–Kier alpha value is -3.76. The van der Waals surface area contributed by atoms with Crippen LogP contribution in [0.5, 0.6) is 0 Å². The van der Waals surface area contributed by atoms with Crippen molar-refractivity contribution in [2.45, 2.75) is 83.6 Å². The summed E-state index contributed by atoms with van der Waals surface area (Å²) in [5.74, 6) is 0.785. The number of carbonyl (C=O) groups excluding carboxylic acids is 1. The summed E-state index contributed by atoms with van der Waals surface area (Å²) in [4.78, 5) is 27.9. The van der Waals surface area contributed by atoms with Crippen molar-refractivity contribution in [3.05, 3.63) is 53.5 Å². The summed E-state index contributed by atoms with van der Waals surface area (Å²) < 4.78 is 13.7. The third kappa shape index (κ3) is 5.54. The Morgan fingerprint density at radius 1 is 1.12 bits per heavy atom. The summed E-state index contributed by atoms with van der Waals surface area (Å²) in [5.41, 5.74) is 8.19. The predicted molar refractivity (Wildman–Crippen MR) is 165 cm³/mol. The van der Waals surface area contributed by atoms with Crippen molar-refractivity contribution in [3.8, 4) is 22.5 Å². The highest BCUT2D eigenvalue weighted by atomic mass is 16.5. The molecule has 3 aliphatic rings. The number of urea groups is 1. The van der Waals surface area contributed by atoms with Gasteiger partial charge in [0.05, 0.1) is 54.2 Å². The lowest BCUT2D eigenvalue weighted by Gasteiger charge is -2.42. The lowest BCUT2D eigenvalue weighted by molar-refractivity contribution is -0.111. The first-order chi connectivity index (χ1) is 20.7. The molecule has 0 radical (unpaired) electrons. The summed E-state index contributed by atoms with van der Waals surface area (Å²) in [7, 11) is 0. The number of aromatic nitrogens is 5. The fourth-order valence-electron chi connectivity index (χ4n) is 6.78. The standard InChI is InChI=1S/C33H41N7O3/c1-20-27(17-35-40(20)23-11-14-42-15-12-23)30-37-29-26(10-13-34-31(29)38-30)22-8-9-25-21(16-22)6-5-7-28(25)36-32(41)39-18-24(19-39)43-33(2,3)4/h8-10,13,16-17,23-24,28H,5-7,11-12,14-15,18-19H2,1-4H3,(H,36,41)(H,34,37,38)/t28-/m1/s1. The molecular formula is C33H41N7O3. The summed E-state index contributed by atoms with van der Waals surface area (Å²) in [6.45, 7) is 11.1. The maximum atomic E-state index is 13.0. The highest BCUT2D eigenvalue weighted by molar-refractivity contribution is 5.91. The Morgan fingerprint density at radius 3 is 2.72 bits per heavy atom. The number of nitrogens with one attached hydrogen (secondary N) is 2. The van der Waals surface area contributed by atoms with Crippen molar-refractivity contribution in [2.24, 2.45) is 0 Å². The molecular weight excluding hydrogens is 542 g/mol. The van der Waals surface area contributed by atoms with E-state index in [1.807, 2.05) is 23.4 Å². The Morgan fingerprint density at radius 2 is 1.93 bits per heavy atom. The number of benzene rings is 1. The Balaban J connectivity index is 1.10. The first-order valence-corrected chi connectivity index (χ1v) is 15.6. The van der Waals surface area contributed by atoms with E-state index >= 15 is 0 Å². The van der Waals surface area contributed by atoms with Gasteiger partial charge in [-0.15, -0.1) is 0 Å². The maximum Gasteiger partial charge on any atom is 0.318 e. The van der Waals surface area contributed by atoms with Gasteiger partial charge in [-0.1, -0.05) is 18.2 Å². The minimum atomic E-state index is -0.196. The lowest BCUT2D eigenvalue weighted by Crippen LogP contribution is -2.59. The molecule has 0 spiro atoms. The predicted octanol–water partition coefficient (Wildman–Crippen LogP) is 5.73. The molecule has 7 rings (SSSR count). The first-order valence-electron chi connectivity index (χ1n) is 15.6. The fraction of sp³-hybridized carbons (Fsp3) is 0.515. The number of amides is 2. The molecule has 2 amide bonds. The minimum absolute atomic E-state index is 0.00745. The minimum Gasteiger partial charge on any atom is -0.381 e. The SMILES string of the molecule is Cc1c(-c2nc3nccc(-c4ccc5c(c4)CCC[C@H]5NC(=O)N4CC(OC(C)(C)C)C4)c3[nH]2)cnn1C1CCOCC1. The molecule has 3 aromatic heterocycles. The van der Waals surface area contributed by atoms with Gasteiger partial charge in [0, 0.05) is 30.7 Å². The zero-order chi connectivity index (χ0) is 29.7. The number of hydrogen-bond acceptors (Lipinski definition) is 6. The van der Waals surface area contributed by atoms with Gasteiger partial charge in [-0.3, -0.25) is 4.68 Å². The van der Waals surface area contributed by atoms with E-state index in [0.29, 0.717) is 24.8 Å². The summed E-state index contributed by atoms with van der Waals surface area (Å²) in [6.07, 6.45) is 8.77. The molecule has 226 valence electrons. The van der Waals surface area contributed by atoms with Crippen molar-refractivity contribution in [2.75, 3.05) is 26.3 Å². The van der Waals surface area contributed by atoms with Crippen LogP contribution in [0.3, 0.4) is 0 Å². The second-order valence-electron chi connectivity index (χ2n) is 13.1. The maximum absolute atomic E-state index is 13.0. The normalized spacial score (nSPS) is 19.8. The second-order valence-corrected chi connectivity index (χ2v) is 13.1. The number of imidazole rings is 1. The monoisotopic (exact) mass is 583 g/mol. The summed E-state index contributed by atoms with van der Waals surface area (Å²) in [5, 5.41) is 8.01. The van der Waals surface area contributed by atoms with E-state index in [9.17, 15) is 4.79 Å². The number of aromatic amines is 1. The number of hydrogen-bond donors (Lipinski definition) is 2. The molecule has 2 N–H and O–H groups in total. The van der Waals surface area contributed by atoms with E-state index < -0.39 is 0 Å². The Labute approximate surface area is 252 Å². The zero-order valence-electron chi connectivity index (χ0n) is 25.5. The van der Waals surface area contributed by atoms with Gasteiger partial charge in [0.15, 0.2) is 5.65 Å². The molecule has 10 heteroatoms. The van der Waals surface area contributed by atoms with Crippen LogP contribution in [-0.4, -0.2) is 73.7 Å². The number of aryl methyl sites for hydroxylation is 1. The molecule has 1 atom stereocenters. The van der Waals surface area contributed by atoms with Gasteiger partial charge in [-0.05, 0) is 82.6 Å². The van der Waals surface area contributed by atoms with E-state index in [-0.39, 0.29) is 23.8 Å². The second kappa shape index (κ2) is 11.1. The van der Waals surface area contributed by atoms with Gasteiger partial charge in [-0.2, -0.15) is 5.10 Å². The van der Waals surface area contributed by atoms with Gasteiger partial charge in [0.2, 0.25) is 0 Å². The van der Waals surface area contributed by atoms with Gasteiger partial charge in [0.25, 0.3) is 0 Å². The van der Waals surface area contributed by atoms with Crippen LogP contribution in [0.2, 0.25) is 0 Å². The van der Waals surface area contributed by atoms with Crippen LogP contribution in [0.4, 0.5) is 4.79 Å². The molecule has 2 fully saturated rings. The number of ether oxygens (including phenoxy) is 2. The van der Waals surface area contributed by atoms with Gasteiger partial charge < -0.3 is 24.7 Å². The number of carbonyl (C=O) groups is 1. The van der Waals surface area contributed by atoms with Gasteiger partial charge in [0.1, 0.15) is 5.82 Å². The lowest BCUT2D eigenvalue weighted by atomic mass is 9.85. The third-order valence-corrected chi connectivity index (χ3v) is 8.95. The third-order valence-electron chi connectivity index (χ3n) is 8.95. The van der Waals surface area contributed by atoms with Crippen LogP contribution < -0.4 is 5.32 Å². The van der Waals surface area contributed by atoms with Crippen LogP contribution in [0.25, 0.3) is 33.7 Å². The highest BCUT2D eigenvalue weighted by Gasteiger charge is 2.35. The summed E-state index contributed by atoms with van der Waals surface area (Å²) >= 11 is 0. The molecule has 1 aliphatic carbocycles. The number of fused-ring (bicyclic) bond motifs is 2. The van der Waals surface area contributed by atoms with Crippen molar-refractivity contribution < 1.29 is 14.3 Å². The number of nitrogens with zero attached hydrogens (tertiary/aromatic N) is 5. The molecule has 43 heavy (non-hydrogen) atoms. The van der Waals surface area contributed by atoms with Crippen LogP contribution >= 0.6 is 0 Å². The van der Waals surface area contributed by atoms with Crippen LogP contribution in [0.1, 0.15) is 75.4 Å². The van der Waals surface area contributed by atoms with Crippen molar-refractivity contribution in [1.82, 2.24) is 34.9 Å². The van der Waals surface area contributed by atoms with Crippen LogP contribution in [0, 0.1) is 6.92 Å². The Kier molecular flexibility index (Phi) is 7.21. The molecule has 0 saturated carbocycles.